The molecule has 1 heterocycles. The molecule has 0 spiro atoms. The fourth-order valence-corrected chi connectivity index (χ4v) is 2.51. The zero-order valence-corrected chi connectivity index (χ0v) is 6.50. The standard InChI is InChI=1S/C7H14S/c1-6-3-7(2)5-8-4-6/h6-7H,3-5H2,1-2H3/t6-,7-/m1/s1. The summed E-state index contributed by atoms with van der Waals surface area (Å²) in [6.45, 7) is 4.70. The molecule has 0 radical (unpaired) electrons. The lowest BCUT2D eigenvalue weighted by molar-refractivity contribution is 0.465. The molecule has 0 aromatic carbocycles. The van der Waals surface area contributed by atoms with Crippen LogP contribution in [0.3, 0.4) is 0 Å². The maximum atomic E-state index is 2.35. The van der Waals surface area contributed by atoms with Crippen LogP contribution in [0.2, 0.25) is 0 Å². The highest BCUT2D eigenvalue weighted by Crippen LogP contribution is 2.26. The Balaban J connectivity index is 2.23. The van der Waals surface area contributed by atoms with Gasteiger partial charge in [-0.3, -0.25) is 0 Å². The third-order valence-electron chi connectivity index (χ3n) is 1.61. The fraction of sp³-hybridized carbons (Fsp3) is 1.00. The molecule has 1 aliphatic heterocycles. The summed E-state index contributed by atoms with van der Waals surface area (Å²) in [5, 5.41) is 0. The average molecular weight is 130 g/mol. The maximum Gasteiger partial charge on any atom is -0.00416 e. The first kappa shape index (κ1) is 6.47. The van der Waals surface area contributed by atoms with Crippen molar-refractivity contribution in [2.24, 2.45) is 11.8 Å². The lowest BCUT2D eigenvalue weighted by Gasteiger charge is -2.22. The highest BCUT2D eigenvalue weighted by molar-refractivity contribution is 7.99. The molecular formula is C7H14S. The molecule has 8 heavy (non-hydrogen) atoms. The largest absolute Gasteiger partial charge is 0.161 e. The molecule has 0 aliphatic carbocycles. The molecule has 0 aromatic rings. The van der Waals surface area contributed by atoms with Crippen LogP contribution in [0.5, 0.6) is 0 Å². The molecule has 1 rings (SSSR count). The van der Waals surface area contributed by atoms with Gasteiger partial charge < -0.3 is 0 Å². The van der Waals surface area contributed by atoms with Crippen molar-refractivity contribution in [3.05, 3.63) is 0 Å². The molecule has 1 heteroatoms. The molecule has 0 amide bonds. The van der Waals surface area contributed by atoms with Gasteiger partial charge in [-0.15, -0.1) is 0 Å². The third-order valence-corrected chi connectivity index (χ3v) is 3.22. The summed E-state index contributed by atoms with van der Waals surface area (Å²) in [5.41, 5.74) is 0. The molecule has 48 valence electrons. The van der Waals surface area contributed by atoms with E-state index in [-0.39, 0.29) is 0 Å². The molecule has 0 bridgehead atoms. The minimum atomic E-state index is 0.976. The second-order valence-corrected chi connectivity index (χ2v) is 4.06. The van der Waals surface area contributed by atoms with Crippen molar-refractivity contribution in [2.45, 2.75) is 20.3 Å². The van der Waals surface area contributed by atoms with E-state index in [1.54, 1.807) is 0 Å². The zero-order valence-electron chi connectivity index (χ0n) is 5.68. The second-order valence-electron chi connectivity index (χ2n) is 2.98. The molecule has 2 atom stereocenters. The van der Waals surface area contributed by atoms with Crippen LogP contribution in [0.4, 0.5) is 0 Å². The van der Waals surface area contributed by atoms with E-state index >= 15 is 0 Å². The second kappa shape index (κ2) is 2.77. The Hall–Kier alpha value is 0.350. The van der Waals surface area contributed by atoms with Crippen LogP contribution in [0.25, 0.3) is 0 Å². The number of hydrogen-bond donors (Lipinski definition) is 0. The third kappa shape index (κ3) is 1.70. The van der Waals surface area contributed by atoms with Crippen LogP contribution in [0, 0.1) is 11.8 Å². The Morgan fingerprint density at radius 2 is 1.62 bits per heavy atom. The van der Waals surface area contributed by atoms with Gasteiger partial charge in [0.2, 0.25) is 0 Å². The predicted molar refractivity (Wildman–Crippen MR) is 40.3 cm³/mol. The molecule has 0 N–H and O–H groups in total. The van der Waals surface area contributed by atoms with Gasteiger partial charge in [-0.1, -0.05) is 13.8 Å². The van der Waals surface area contributed by atoms with Crippen LogP contribution in [0.15, 0.2) is 0 Å². The molecule has 1 aliphatic rings. The maximum absolute atomic E-state index is 2.35. The van der Waals surface area contributed by atoms with Crippen LogP contribution in [-0.4, -0.2) is 11.5 Å². The Labute approximate surface area is 56.0 Å². The van der Waals surface area contributed by atoms with Crippen molar-refractivity contribution in [1.29, 1.82) is 0 Å². The number of hydrogen-bond acceptors (Lipinski definition) is 1. The van der Waals surface area contributed by atoms with Gasteiger partial charge in [0.05, 0.1) is 0 Å². The minimum Gasteiger partial charge on any atom is -0.161 e. The van der Waals surface area contributed by atoms with E-state index in [9.17, 15) is 0 Å². The summed E-state index contributed by atoms with van der Waals surface area (Å²) in [5.74, 6) is 4.74. The van der Waals surface area contributed by atoms with Gasteiger partial charge in [-0.2, -0.15) is 11.8 Å². The van der Waals surface area contributed by atoms with Gasteiger partial charge in [-0.05, 0) is 29.8 Å². The summed E-state index contributed by atoms with van der Waals surface area (Å²) in [4.78, 5) is 0. The SMILES string of the molecule is C[C@H]1CSC[C@H](C)C1. The van der Waals surface area contributed by atoms with E-state index in [4.69, 9.17) is 0 Å². The Morgan fingerprint density at radius 3 is 1.88 bits per heavy atom. The van der Waals surface area contributed by atoms with E-state index in [1.807, 2.05) is 0 Å². The van der Waals surface area contributed by atoms with Gasteiger partial charge >= 0.3 is 0 Å². The van der Waals surface area contributed by atoms with Crippen molar-refractivity contribution in [3.8, 4) is 0 Å². The monoisotopic (exact) mass is 130 g/mol. The van der Waals surface area contributed by atoms with E-state index in [2.05, 4.69) is 25.6 Å². The van der Waals surface area contributed by atoms with Gasteiger partial charge in [0.25, 0.3) is 0 Å². The zero-order chi connectivity index (χ0) is 5.98. The number of rotatable bonds is 0. The van der Waals surface area contributed by atoms with Crippen molar-refractivity contribution in [3.63, 3.8) is 0 Å². The average Bonchev–Trinajstić information content (AvgIpc) is 1.64. The lowest BCUT2D eigenvalue weighted by atomic mass is 10.0. The van der Waals surface area contributed by atoms with Gasteiger partial charge in [0, 0.05) is 0 Å². The van der Waals surface area contributed by atoms with Crippen LogP contribution < -0.4 is 0 Å². The van der Waals surface area contributed by atoms with Gasteiger partial charge in [0.1, 0.15) is 0 Å². The van der Waals surface area contributed by atoms with E-state index in [0.717, 1.165) is 11.8 Å². The molecule has 1 saturated heterocycles. The summed E-state index contributed by atoms with van der Waals surface area (Å²) < 4.78 is 0. The first-order chi connectivity index (χ1) is 3.79. The highest BCUT2D eigenvalue weighted by atomic mass is 32.2. The smallest absolute Gasteiger partial charge is 0.00416 e. The molecule has 1 fully saturated rings. The van der Waals surface area contributed by atoms with Crippen molar-refractivity contribution >= 4 is 11.8 Å². The molecule has 0 saturated carbocycles. The van der Waals surface area contributed by atoms with Gasteiger partial charge in [-0.25, -0.2) is 0 Å². The fourth-order valence-electron chi connectivity index (χ4n) is 1.29. The number of thioether (sulfide) groups is 1. The van der Waals surface area contributed by atoms with Gasteiger partial charge in [0.15, 0.2) is 0 Å². The summed E-state index contributed by atoms with van der Waals surface area (Å²) in [7, 11) is 0. The first-order valence-corrected chi connectivity index (χ1v) is 4.52. The minimum absolute atomic E-state index is 0.976. The summed E-state index contributed by atoms with van der Waals surface area (Å²) in [6.07, 6.45) is 1.45. The van der Waals surface area contributed by atoms with Crippen molar-refractivity contribution < 1.29 is 0 Å². The Morgan fingerprint density at radius 1 is 1.12 bits per heavy atom. The predicted octanol–water partition coefficient (Wildman–Crippen LogP) is 2.40. The van der Waals surface area contributed by atoms with E-state index < -0.39 is 0 Å². The quantitative estimate of drug-likeness (QED) is 0.485. The highest BCUT2D eigenvalue weighted by Gasteiger charge is 2.14. The van der Waals surface area contributed by atoms with Crippen LogP contribution in [-0.2, 0) is 0 Å². The van der Waals surface area contributed by atoms with E-state index in [1.165, 1.54) is 17.9 Å². The topological polar surface area (TPSA) is 0 Å². The summed E-state index contributed by atoms with van der Waals surface area (Å²) in [6, 6.07) is 0. The molecular weight excluding hydrogens is 116 g/mol. The van der Waals surface area contributed by atoms with Crippen molar-refractivity contribution in [1.82, 2.24) is 0 Å². The Bertz CT molecular complexity index is 62.8. The molecule has 0 nitrogen and oxygen atoms in total. The van der Waals surface area contributed by atoms with Crippen LogP contribution >= 0.6 is 11.8 Å². The summed E-state index contributed by atoms with van der Waals surface area (Å²) >= 11 is 2.11. The lowest BCUT2D eigenvalue weighted by Crippen LogP contribution is -2.14. The molecule has 0 aromatic heterocycles. The van der Waals surface area contributed by atoms with Crippen LogP contribution in [0.1, 0.15) is 20.3 Å². The first-order valence-electron chi connectivity index (χ1n) is 3.37. The van der Waals surface area contributed by atoms with Crippen molar-refractivity contribution in [2.75, 3.05) is 11.5 Å². The Kier molecular flexibility index (Phi) is 2.24. The van der Waals surface area contributed by atoms with E-state index in [0.29, 0.717) is 0 Å². The normalized spacial score (nSPS) is 39.8. The molecule has 0 unspecified atom stereocenters.